The van der Waals surface area contributed by atoms with Gasteiger partial charge in [0.15, 0.2) is 0 Å². The lowest BCUT2D eigenvalue weighted by Crippen LogP contribution is -2.53. The molecule has 2 heterocycles. The Morgan fingerprint density at radius 3 is 2.48 bits per heavy atom. The Kier molecular flexibility index (Phi) is 5.34. The summed E-state index contributed by atoms with van der Waals surface area (Å²) in [6.45, 7) is 3.89. The van der Waals surface area contributed by atoms with E-state index in [9.17, 15) is 14.0 Å². The second-order valence-corrected chi connectivity index (χ2v) is 6.64. The number of nitrogens with zero attached hydrogens (tertiary/aromatic N) is 2. The van der Waals surface area contributed by atoms with Crippen LogP contribution in [0.2, 0.25) is 0 Å². The monoisotopic (exact) mass is 349 g/mol. The number of halogens is 1. The number of carbonyl (C=O) groups excluding carboxylic acids is 2. The number of benzene rings is 1. The van der Waals surface area contributed by atoms with Crippen molar-refractivity contribution in [3.05, 3.63) is 35.1 Å². The van der Waals surface area contributed by atoms with Crippen molar-refractivity contribution in [3.8, 4) is 0 Å². The molecule has 6 nitrogen and oxygen atoms in total. The van der Waals surface area contributed by atoms with Crippen molar-refractivity contribution in [3.63, 3.8) is 0 Å². The first kappa shape index (κ1) is 17.8. The molecule has 2 amide bonds. The highest BCUT2D eigenvalue weighted by Gasteiger charge is 2.34. The summed E-state index contributed by atoms with van der Waals surface area (Å²) in [6, 6.07) is 4.51. The molecule has 0 saturated carbocycles. The summed E-state index contributed by atoms with van der Waals surface area (Å²) >= 11 is 0. The van der Waals surface area contributed by atoms with Gasteiger partial charge in [-0.25, -0.2) is 4.39 Å². The number of rotatable bonds is 3. The van der Waals surface area contributed by atoms with Crippen LogP contribution >= 0.6 is 0 Å². The summed E-state index contributed by atoms with van der Waals surface area (Å²) in [7, 11) is 0. The minimum atomic E-state index is -0.415. The van der Waals surface area contributed by atoms with Crippen LogP contribution in [0.15, 0.2) is 18.2 Å². The van der Waals surface area contributed by atoms with Crippen LogP contribution in [-0.4, -0.2) is 66.5 Å². The first-order valence-electron chi connectivity index (χ1n) is 8.69. The molecule has 0 aromatic heterocycles. The molecule has 1 aromatic carbocycles. The summed E-state index contributed by atoms with van der Waals surface area (Å²) in [5.41, 5.74) is 6.43. The molecule has 7 heteroatoms. The number of piperazine rings is 1. The van der Waals surface area contributed by atoms with Crippen molar-refractivity contribution in [2.24, 2.45) is 5.73 Å². The molecule has 2 saturated heterocycles. The number of hydrogen-bond acceptors (Lipinski definition) is 4. The minimum absolute atomic E-state index is 0.0237. The first-order valence-corrected chi connectivity index (χ1v) is 8.69. The van der Waals surface area contributed by atoms with E-state index in [2.05, 4.69) is 0 Å². The normalized spacial score (nSPS) is 23.8. The zero-order chi connectivity index (χ0) is 18.0. The Morgan fingerprint density at radius 2 is 1.88 bits per heavy atom. The van der Waals surface area contributed by atoms with Gasteiger partial charge in [0.1, 0.15) is 11.9 Å². The van der Waals surface area contributed by atoms with Gasteiger partial charge >= 0.3 is 0 Å². The van der Waals surface area contributed by atoms with Crippen molar-refractivity contribution in [2.45, 2.75) is 32.0 Å². The van der Waals surface area contributed by atoms with E-state index < -0.39 is 6.10 Å². The van der Waals surface area contributed by atoms with E-state index in [0.29, 0.717) is 50.3 Å². The highest BCUT2D eigenvalue weighted by atomic mass is 19.1. The van der Waals surface area contributed by atoms with E-state index >= 15 is 0 Å². The number of aryl methyl sites for hydroxylation is 1. The lowest BCUT2D eigenvalue weighted by Gasteiger charge is -2.36. The molecule has 2 atom stereocenters. The predicted molar refractivity (Wildman–Crippen MR) is 90.6 cm³/mol. The zero-order valence-corrected chi connectivity index (χ0v) is 14.4. The predicted octanol–water partition coefficient (Wildman–Crippen LogP) is 0.925. The fourth-order valence-corrected chi connectivity index (χ4v) is 3.30. The summed E-state index contributed by atoms with van der Waals surface area (Å²) in [5, 5.41) is 0. The molecule has 0 spiro atoms. The van der Waals surface area contributed by atoms with Gasteiger partial charge in [-0.05, 0) is 37.5 Å². The zero-order valence-electron chi connectivity index (χ0n) is 14.4. The van der Waals surface area contributed by atoms with E-state index in [1.807, 2.05) is 0 Å². The Morgan fingerprint density at radius 1 is 1.20 bits per heavy atom. The highest BCUT2D eigenvalue weighted by molar-refractivity contribution is 5.94. The van der Waals surface area contributed by atoms with Gasteiger partial charge in [-0.1, -0.05) is 6.07 Å². The Labute approximate surface area is 146 Å². The van der Waals surface area contributed by atoms with Gasteiger partial charge in [0, 0.05) is 38.3 Å². The van der Waals surface area contributed by atoms with Crippen LogP contribution in [0.25, 0.3) is 0 Å². The molecule has 25 heavy (non-hydrogen) atoms. The summed E-state index contributed by atoms with van der Waals surface area (Å²) in [5.74, 6) is -0.608. The SMILES string of the molecule is Cc1ccc(C(=O)N2CCN(C(=O)[C@@H]3CC[C@H](CN)O3)CC2)cc1F. The summed E-state index contributed by atoms with van der Waals surface area (Å²) in [4.78, 5) is 28.4. The molecule has 0 bridgehead atoms. The molecule has 0 radical (unpaired) electrons. The Bertz CT molecular complexity index is 659. The molecule has 2 aliphatic heterocycles. The third-order valence-corrected chi connectivity index (χ3v) is 4.94. The second kappa shape index (κ2) is 7.49. The van der Waals surface area contributed by atoms with Crippen LogP contribution in [0.3, 0.4) is 0 Å². The lowest BCUT2D eigenvalue weighted by molar-refractivity contribution is -0.144. The maximum Gasteiger partial charge on any atom is 0.254 e. The van der Waals surface area contributed by atoms with Crippen LogP contribution in [0.1, 0.15) is 28.8 Å². The molecule has 2 aliphatic rings. The van der Waals surface area contributed by atoms with Gasteiger partial charge in [0.2, 0.25) is 0 Å². The summed E-state index contributed by atoms with van der Waals surface area (Å²) in [6.07, 6.45) is 1.06. The standard InChI is InChI=1S/C18H24FN3O3/c1-12-2-3-13(10-15(12)19)17(23)21-6-8-22(9-7-21)18(24)16-5-4-14(11-20)25-16/h2-3,10,14,16H,4-9,11,20H2,1H3/t14-,16+/m1/s1. The fraction of sp³-hybridized carbons (Fsp3) is 0.556. The number of amides is 2. The Balaban J connectivity index is 1.55. The third kappa shape index (κ3) is 3.82. The molecule has 3 rings (SSSR count). The van der Waals surface area contributed by atoms with E-state index in [1.165, 1.54) is 6.07 Å². The van der Waals surface area contributed by atoms with Gasteiger partial charge in [-0.15, -0.1) is 0 Å². The van der Waals surface area contributed by atoms with E-state index in [0.717, 1.165) is 6.42 Å². The van der Waals surface area contributed by atoms with Gasteiger partial charge in [-0.2, -0.15) is 0 Å². The largest absolute Gasteiger partial charge is 0.364 e. The van der Waals surface area contributed by atoms with Gasteiger partial charge in [0.05, 0.1) is 6.10 Å². The molecule has 0 unspecified atom stereocenters. The number of carbonyl (C=O) groups is 2. The number of nitrogens with two attached hydrogens (primary N) is 1. The fourth-order valence-electron chi connectivity index (χ4n) is 3.30. The molecular formula is C18H24FN3O3. The maximum atomic E-state index is 13.7. The van der Waals surface area contributed by atoms with Crippen LogP contribution in [0.5, 0.6) is 0 Å². The number of ether oxygens (including phenoxy) is 1. The van der Waals surface area contributed by atoms with Gasteiger partial charge in [-0.3, -0.25) is 9.59 Å². The van der Waals surface area contributed by atoms with Crippen LogP contribution < -0.4 is 5.73 Å². The van der Waals surface area contributed by atoms with Crippen LogP contribution in [0.4, 0.5) is 4.39 Å². The molecule has 136 valence electrons. The number of hydrogen-bond donors (Lipinski definition) is 1. The second-order valence-electron chi connectivity index (χ2n) is 6.64. The van der Waals surface area contributed by atoms with Crippen molar-refractivity contribution in [1.82, 2.24) is 9.80 Å². The van der Waals surface area contributed by atoms with Gasteiger partial charge < -0.3 is 20.3 Å². The van der Waals surface area contributed by atoms with E-state index in [4.69, 9.17) is 10.5 Å². The Hall–Kier alpha value is -1.99. The van der Waals surface area contributed by atoms with Crippen molar-refractivity contribution in [2.75, 3.05) is 32.7 Å². The van der Waals surface area contributed by atoms with Crippen LogP contribution in [0, 0.1) is 12.7 Å². The van der Waals surface area contributed by atoms with Crippen molar-refractivity contribution < 1.29 is 18.7 Å². The summed E-state index contributed by atoms with van der Waals surface area (Å²) < 4.78 is 19.3. The van der Waals surface area contributed by atoms with Gasteiger partial charge in [0.25, 0.3) is 11.8 Å². The average Bonchev–Trinajstić information content (AvgIpc) is 3.12. The molecular weight excluding hydrogens is 325 g/mol. The quantitative estimate of drug-likeness (QED) is 0.881. The molecule has 0 aliphatic carbocycles. The first-order chi connectivity index (χ1) is 12.0. The minimum Gasteiger partial charge on any atom is -0.364 e. The molecule has 2 N–H and O–H groups in total. The van der Waals surface area contributed by atoms with Crippen LogP contribution in [-0.2, 0) is 9.53 Å². The lowest BCUT2D eigenvalue weighted by atomic mass is 10.1. The maximum absolute atomic E-state index is 13.7. The van der Waals surface area contributed by atoms with E-state index in [-0.39, 0.29) is 23.7 Å². The van der Waals surface area contributed by atoms with Crippen molar-refractivity contribution >= 4 is 11.8 Å². The molecule has 2 fully saturated rings. The average molecular weight is 349 g/mol. The van der Waals surface area contributed by atoms with E-state index in [1.54, 1.807) is 28.9 Å². The third-order valence-electron chi connectivity index (χ3n) is 4.94. The topological polar surface area (TPSA) is 75.9 Å². The highest BCUT2D eigenvalue weighted by Crippen LogP contribution is 2.21. The molecule has 1 aromatic rings. The van der Waals surface area contributed by atoms with Crippen molar-refractivity contribution in [1.29, 1.82) is 0 Å². The smallest absolute Gasteiger partial charge is 0.254 e.